The third-order valence-electron chi connectivity index (χ3n) is 4.22. The number of likely N-dealkylation sites (tertiary alicyclic amines) is 1. The molecule has 2 atom stereocenters. The van der Waals surface area contributed by atoms with E-state index in [9.17, 15) is 4.79 Å². The van der Waals surface area contributed by atoms with E-state index in [-0.39, 0.29) is 5.92 Å². The van der Waals surface area contributed by atoms with Crippen LogP contribution in [-0.4, -0.2) is 47.9 Å². The Hall–Kier alpha value is -0.570. The van der Waals surface area contributed by atoms with Crippen molar-refractivity contribution < 1.29 is 4.79 Å². The van der Waals surface area contributed by atoms with Gasteiger partial charge in [0.1, 0.15) is 0 Å². The zero-order valence-corrected chi connectivity index (χ0v) is 12.6. The number of hydrogen-bond donors (Lipinski definition) is 0. The highest BCUT2D eigenvalue weighted by Crippen LogP contribution is 2.17. The van der Waals surface area contributed by atoms with Gasteiger partial charge < -0.3 is 9.80 Å². The largest absolute Gasteiger partial charge is 0.342 e. The van der Waals surface area contributed by atoms with E-state index in [1.54, 1.807) is 0 Å². The van der Waals surface area contributed by atoms with Gasteiger partial charge in [0.05, 0.1) is 0 Å². The Morgan fingerprint density at radius 2 is 1.67 bits per heavy atom. The van der Waals surface area contributed by atoms with Crippen molar-refractivity contribution in [2.75, 3.05) is 26.2 Å². The second-order valence-corrected chi connectivity index (χ2v) is 5.59. The Bertz CT molecular complexity index is 245. The molecular formula is C15H30N2O. The van der Waals surface area contributed by atoms with Crippen LogP contribution in [0.1, 0.15) is 53.4 Å². The van der Waals surface area contributed by atoms with E-state index in [2.05, 4.69) is 37.5 Å². The van der Waals surface area contributed by atoms with E-state index in [1.165, 1.54) is 19.3 Å². The molecule has 1 saturated heterocycles. The normalized spacial score (nSPS) is 19.9. The molecule has 2 unspecified atom stereocenters. The van der Waals surface area contributed by atoms with Gasteiger partial charge >= 0.3 is 0 Å². The summed E-state index contributed by atoms with van der Waals surface area (Å²) in [7, 11) is 0. The monoisotopic (exact) mass is 254 g/mol. The Balaban J connectivity index is 2.43. The Morgan fingerprint density at radius 3 is 2.17 bits per heavy atom. The third kappa shape index (κ3) is 4.27. The summed E-state index contributed by atoms with van der Waals surface area (Å²) >= 11 is 0. The van der Waals surface area contributed by atoms with Gasteiger partial charge in [-0.1, -0.05) is 20.8 Å². The Morgan fingerprint density at radius 1 is 1.11 bits per heavy atom. The fourth-order valence-corrected chi connectivity index (χ4v) is 3.03. The van der Waals surface area contributed by atoms with E-state index < -0.39 is 0 Å². The molecule has 0 saturated carbocycles. The van der Waals surface area contributed by atoms with Gasteiger partial charge in [-0.15, -0.1) is 0 Å². The fourth-order valence-electron chi connectivity index (χ4n) is 3.03. The number of rotatable bonds is 6. The van der Waals surface area contributed by atoms with Gasteiger partial charge in [-0.05, 0) is 45.7 Å². The predicted octanol–water partition coefficient (Wildman–Crippen LogP) is 2.76. The minimum absolute atomic E-state index is 0.165. The van der Waals surface area contributed by atoms with Gasteiger partial charge in [0.2, 0.25) is 5.91 Å². The van der Waals surface area contributed by atoms with Crippen molar-refractivity contribution in [3.63, 3.8) is 0 Å². The lowest BCUT2D eigenvalue weighted by atomic mass is 9.99. The summed E-state index contributed by atoms with van der Waals surface area (Å²) in [6.45, 7) is 12.8. The highest BCUT2D eigenvalue weighted by molar-refractivity contribution is 5.78. The standard InChI is InChI=1S/C15H30N2O/c1-5-16(6-2)14(4)12-13(3)15(18)17-10-8-7-9-11-17/h13-14H,5-12H2,1-4H3. The van der Waals surface area contributed by atoms with Crippen LogP contribution in [0.5, 0.6) is 0 Å². The maximum Gasteiger partial charge on any atom is 0.225 e. The van der Waals surface area contributed by atoms with Gasteiger partial charge in [0, 0.05) is 25.0 Å². The van der Waals surface area contributed by atoms with E-state index in [0.29, 0.717) is 11.9 Å². The van der Waals surface area contributed by atoms with Crippen molar-refractivity contribution >= 4 is 5.91 Å². The molecule has 0 aromatic carbocycles. The molecule has 0 radical (unpaired) electrons. The molecule has 1 aliphatic rings. The van der Waals surface area contributed by atoms with Gasteiger partial charge in [0.25, 0.3) is 0 Å². The highest BCUT2D eigenvalue weighted by atomic mass is 16.2. The molecule has 1 fully saturated rings. The molecule has 1 heterocycles. The van der Waals surface area contributed by atoms with Gasteiger partial charge in [0.15, 0.2) is 0 Å². The van der Waals surface area contributed by atoms with E-state index in [4.69, 9.17) is 0 Å². The molecule has 1 rings (SSSR count). The van der Waals surface area contributed by atoms with Crippen molar-refractivity contribution in [2.24, 2.45) is 5.92 Å². The number of amides is 1. The summed E-state index contributed by atoms with van der Waals surface area (Å²) in [4.78, 5) is 16.8. The molecule has 0 aromatic rings. The first-order valence-electron chi connectivity index (χ1n) is 7.62. The lowest BCUT2D eigenvalue weighted by Crippen LogP contribution is -2.41. The molecule has 18 heavy (non-hydrogen) atoms. The number of carbonyl (C=O) groups is 1. The van der Waals surface area contributed by atoms with Gasteiger partial charge in [-0.2, -0.15) is 0 Å². The molecule has 3 heteroatoms. The maximum atomic E-state index is 12.3. The summed E-state index contributed by atoms with van der Waals surface area (Å²) < 4.78 is 0. The number of hydrogen-bond acceptors (Lipinski definition) is 2. The molecule has 106 valence electrons. The van der Waals surface area contributed by atoms with Crippen LogP contribution in [-0.2, 0) is 4.79 Å². The van der Waals surface area contributed by atoms with Gasteiger partial charge in [-0.3, -0.25) is 4.79 Å². The molecular weight excluding hydrogens is 224 g/mol. The number of piperidine rings is 1. The quantitative estimate of drug-likeness (QED) is 0.727. The highest BCUT2D eigenvalue weighted by Gasteiger charge is 2.24. The minimum Gasteiger partial charge on any atom is -0.342 e. The van der Waals surface area contributed by atoms with Crippen molar-refractivity contribution in [1.82, 2.24) is 9.80 Å². The second-order valence-electron chi connectivity index (χ2n) is 5.59. The van der Waals surface area contributed by atoms with Crippen molar-refractivity contribution in [2.45, 2.75) is 59.4 Å². The van der Waals surface area contributed by atoms with E-state index in [1.807, 2.05) is 0 Å². The van der Waals surface area contributed by atoms with Crippen LogP contribution in [0.15, 0.2) is 0 Å². The molecule has 3 nitrogen and oxygen atoms in total. The molecule has 0 aromatic heterocycles. The Labute approximate surface area is 113 Å². The molecule has 0 spiro atoms. The van der Waals surface area contributed by atoms with Crippen molar-refractivity contribution in [3.05, 3.63) is 0 Å². The van der Waals surface area contributed by atoms with Crippen LogP contribution in [0.2, 0.25) is 0 Å². The molecule has 0 bridgehead atoms. The third-order valence-corrected chi connectivity index (χ3v) is 4.22. The second kappa shape index (κ2) is 7.78. The van der Waals surface area contributed by atoms with Crippen LogP contribution in [0.25, 0.3) is 0 Å². The Kier molecular flexibility index (Phi) is 6.69. The zero-order chi connectivity index (χ0) is 13.5. The molecule has 1 amide bonds. The first-order chi connectivity index (χ1) is 8.60. The molecule has 0 aliphatic carbocycles. The smallest absolute Gasteiger partial charge is 0.225 e. The maximum absolute atomic E-state index is 12.3. The lowest BCUT2D eigenvalue weighted by Gasteiger charge is -2.32. The lowest BCUT2D eigenvalue weighted by molar-refractivity contribution is -0.136. The first-order valence-corrected chi connectivity index (χ1v) is 7.62. The zero-order valence-electron chi connectivity index (χ0n) is 12.6. The SMILES string of the molecule is CCN(CC)C(C)CC(C)C(=O)N1CCCCC1. The molecule has 0 N–H and O–H groups in total. The van der Waals surface area contributed by atoms with Crippen LogP contribution >= 0.6 is 0 Å². The number of carbonyl (C=O) groups excluding carboxylic acids is 1. The van der Waals surface area contributed by atoms with Crippen molar-refractivity contribution in [1.29, 1.82) is 0 Å². The summed E-state index contributed by atoms with van der Waals surface area (Å²) in [5.41, 5.74) is 0. The topological polar surface area (TPSA) is 23.6 Å². The average molecular weight is 254 g/mol. The van der Waals surface area contributed by atoms with E-state index >= 15 is 0 Å². The van der Waals surface area contributed by atoms with E-state index in [0.717, 1.165) is 32.6 Å². The predicted molar refractivity (Wildman–Crippen MR) is 76.6 cm³/mol. The van der Waals surface area contributed by atoms with Crippen LogP contribution in [0.3, 0.4) is 0 Å². The minimum atomic E-state index is 0.165. The summed E-state index contributed by atoms with van der Waals surface area (Å²) in [5.74, 6) is 0.535. The fraction of sp³-hybridized carbons (Fsp3) is 0.933. The summed E-state index contributed by atoms with van der Waals surface area (Å²) in [6, 6.07) is 0.503. The first kappa shape index (κ1) is 15.5. The molecule has 1 aliphatic heterocycles. The summed E-state index contributed by atoms with van der Waals surface area (Å²) in [5, 5.41) is 0. The average Bonchev–Trinajstić information content (AvgIpc) is 2.40. The summed E-state index contributed by atoms with van der Waals surface area (Å²) in [6.07, 6.45) is 4.64. The number of nitrogens with zero attached hydrogens (tertiary/aromatic N) is 2. The van der Waals surface area contributed by atoms with Gasteiger partial charge in [-0.25, -0.2) is 0 Å². The van der Waals surface area contributed by atoms with Crippen LogP contribution in [0, 0.1) is 5.92 Å². The van der Waals surface area contributed by atoms with Crippen molar-refractivity contribution in [3.8, 4) is 0 Å². The van der Waals surface area contributed by atoms with Crippen LogP contribution < -0.4 is 0 Å². The van der Waals surface area contributed by atoms with Crippen LogP contribution in [0.4, 0.5) is 0 Å².